The van der Waals surface area contributed by atoms with Crippen molar-refractivity contribution >= 4 is 0 Å². The summed E-state index contributed by atoms with van der Waals surface area (Å²) >= 11 is -2.38. The average Bonchev–Trinajstić information content (AvgIpc) is 2.55. The molecule has 0 atom stereocenters. The molecule has 0 N–H and O–H groups in total. The summed E-state index contributed by atoms with van der Waals surface area (Å²) in [5.41, 5.74) is 0. The van der Waals surface area contributed by atoms with Gasteiger partial charge < -0.3 is 0 Å². The first-order valence-corrected chi connectivity index (χ1v) is 14.7. The van der Waals surface area contributed by atoms with Crippen LogP contribution in [0.3, 0.4) is 0 Å². The summed E-state index contributed by atoms with van der Waals surface area (Å²) in [5, 5.41) is 0. The van der Waals surface area contributed by atoms with Crippen LogP contribution in [0.25, 0.3) is 0 Å². The topological polar surface area (TPSA) is 0 Å². The fourth-order valence-corrected chi connectivity index (χ4v) is 30.7. The Morgan fingerprint density at radius 3 is 1.67 bits per heavy atom. The van der Waals surface area contributed by atoms with Gasteiger partial charge in [0.05, 0.1) is 0 Å². The van der Waals surface area contributed by atoms with Crippen LogP contribution in [0.5, 0.6) is 0 Å². The Morgan fingerprint density at radius 2 is 1.40 bits per heavy atom. The minimum atomic E-state index is -2.38. The van der Waals surface area contributed by atoms with Crippen molar-refractivity contribution in [2.24, 2.45) is 0 Å². The van der Waals surface area contributed by atoms with Crippen LogP contribution in [0.1, 0.15) is 48.0 Å². The Bertz CT molecular complexity index is 247. The number of allylic oxidation sites excluding steroid dienone is 4. The van der Waals surface area contributed by atoms with Crippen molar-refractivity contribution in [3.63, 3.8) is 0 Å². The molecule has 0 radical (unpaired) electrons. The predicted octanol–water partition coefficient (Wildman–Crippen LogP) is 5.47. The molecule has 1 aliphatic carbocycles. The SMILES string of the molecule is C[CH](C)[Pr]([C]1=CC=CC1)([CH](C)C)[CH](C)C. The molecule has 0 saturated heterocycles. The Labute approximate surface area is 104 Å². The minimum absolute atomic E-state index is 0.941. The van der Waals surface area contributed by atoms with Gasteiger partial charge in [-0.15, -0.1) is 0 Å². The number of rotatable bonds is 4. The normalized spacial score (nSPS) is 17.0. The van der Waals surface area contributed by atoms with Crippen LogP contribution in [-0.2, 0) is 0 Å². The molecule has 0 aromatic carbocycles. The zero-order valence-corrected chi connectivity index (χ0v) is 15.0. The molecule has 1 aliphatic rings. The molecule has 0 amide bonds. The molecule has 1 heteroatoms. The van der Waals surface area contributed by atoms with Gasteiger partial charge in [0.1, 0.15) is 0 Å². The molecule has 0 fully saturated rings. The van der Waals surface area contributed by atoms with E-state index in [0.29, 0.717) is 0 Å². The summed E-state index contributed by atoms with van der Waals surface area (Å²) in [7, 11) is 0. The van der Waals surface area contributed by atoms with Crippen LogP contribution in [-0.4, -0.2) is 0 Å². The van der Waals surface area contributed by atoms with Gasteiger partial charge in [0.25, 0.3) is 0 Å². The van der Waals surface area contributed by atoms with Crippen molar-refractivity contribution in [2.45, 2.75) is 52.5 Å². The van der Waals surface area contributed by atoms with E-state index in [2.05, 4.69) is 59.8 Å². The molecule has 0 unspecified atom stereocenters. The summed E-state index contributed by atoms with van der Waals surface area (Å²) in [4.78, 5) is 0. The van der Waals surface area contributed by atoms with E-state index in [1.54, 1.807) is 0 Å². The van der Waals surface area contributed by atoms with Crippen molar-refractivity contribution in [1.29, 1.82) is 0 Å². The van der Waals surface area contributed by atoms with E-state index in [9.17, 15) is 0 Å². The van der Waals surface area contributed by atoms with Crippen LogP contribution >= 0.6 is 0 Å². The second kappa shape index (κ2) is 5.45. The van der Waals surface area contributed by atoms with E-state index in [4.69, 9.17) is 0 Å². The van der Waals surface area contributed by atoms with Crippen LogP contribution in [0.4, 0.5) is 0 Å². The van der Waals surface area contributed by atoms with E-state index >= 15 is 0 Å². The van der Waals surface area contributed by atoms with Crippen LogP contribution in [0.15, 0.2) is 19.4 Å². The van der Waals surface area contributed by atoms with Crippen molar-refractivity contribution in [3.05, 3.63) is 19.4 Å². The molecule has 0 saturated carbocycles. The molecular weight excluding hydrogens is 309 g/mol. The third kappa shape index (κ3) is 2.41. The van der Waals surface area contributed by atoms with Gasteiger partial charge in [-0.25, -0.2) is 0 Å². The monoisotopic (exact) mass is 335 g/mol. The number of hydrogen-bond donors (Lipinski definition) is 0. The second-order valence-electron chi connectivity index (χ2n) is 6.18. The second-order valence-corrected chi connectivity index (χ2v) is 28.3. The summed E-state index contributed by atoms with van der Waals surface area (Å²) in [6, 6.07) is 0. The van der Waals surface area contributed by atoms with E-state index < -0.39 is 33.0 Å². The van der Waals surface area contributed by atoms with Crippen LogP contribution in [0, 0.1) is 33.0 Å². The Hall–Kier alpha value is 0.844. The van der Waals surface area contributed by atoms with Crippen molar-refractivity contribution < 1.29 is 33.0 Å². The van der Waals surface area contributed by atoms with Gasteiger partial charge in [-0.3, -0.25) is 0 Å². The van der Waals surface area contributed by atoms with Crippen LogP contribution < -0.4 is 0 Å². The summed E-state index contributed by atoms with van der Waals surface area (Å²) in [6.07, 6.45) is 8.34. The van der Waals surface area contributed by atoms with E-state index in [1.807, 2.05) is 1.16 Å². The standard InChI is InChI=1S/C5H5.3C3H7.Pr/c1-2-4-5-3-1;3*1-3-2;/h1-3H,4H2;3*3H,1-2H3;. The van der Waals surface area contributed by atoms with Crippen molar-refractivity contribution in [2.75, 3.05) is 0 Å². The van der Waals surface area contributed by atoms with Gasteiger partial charge in [0.2, 0.25) is 0 Å². The van der Waals surface area contributed by atoms with Gasteiger partial charge in [0, 0.05) is 0 Å². The average molecular weight is 335 g/mol. The molecule has 0 aromatic heterocycles. The quantitative estimate of drug-likeness (QED) is 0.639. The molecule has 15 heavy (non-hydrogen) atoms. The molecule has 0 aromatic rings. The van der Waals surface area contributed by atoms with Crippen molar-refractivity contribution in [1.82, 2.24) is 0 Å². The fraction of sp³-hybridized carbons (Fsp3) is 0.714. The molecule has 0 bridgehead atoms. The van der Waals surface area contributed by atoms with E-state index in [-0.39, 0.29) is 0 Å². The zero-order valence-electron chi connectivity index (χ0n) is 11.2. The third-order valence-corrected chi connectivity index (χ3v) is 31.5. The Balaban J connectivity index is 3.14. The fourth-order valence-electron chi connectivity index (χ4n) is 4.43. The van der Waals surface area contributed by atoms with Gasteiger partial charge in [-0.05, 0) is 0 Å². The molecular formula is C14H26Pr. The summed E-state index contributed by atoms with van der Waals surface area (Å²) in [6.45, 7) is 14.9. The molecule has 0 nitrogen and oxygen atoms in total. The third-order valence-electron chi connectivity index (χ3n) is 4.75. The van der Waals surface area contributed by atoms with Gasteiger partial charge in [-0.1, -0.05) is 0 Å². The Kier molecular flexibility index (Phi) is 5.05. The van der Waals surface area contributed by atoms with Crippen LogP contribution in [0.2, 0.25) is 4.51 Å². The van der Waals surface area contributed by atoms with Crippen molar-refractivity contribution in [3.8, 4) is 0 Å². The molecule has 1 rings (SSSR count). The summed E-state index contributed by atoms with van der Waals surface area (Å²) in [5.74, 6) is 0. The van der Waals surface area contributed by atoms with Gasteiger partial charge in [-0.2, -0.15) is 0 Å². The van der Waals surface area contributed by atoms with E-state index in [1.165, 1.54) is 6.42 Å². The first-order valence-electron chi connectivity index (χ1n) is 6.47. The van der Waals surface area contributed by atoms with Gasteiger partial charge >= 0.3 is 105 Å². The predicted molar refractivity (Wildman–Crippen MR) is 67.1 cm³/mol. The number of hydrogen-bond acceptors (Lipinski definition) is 0. The maximum atomic E-state index is 2.48. The summed E-state index contributed by atoms with van der Waals surface area (Å²) < 4.78 is 4.69. The zero-order chi connectivity index (χ0) is 11.6. The Morgan fingerprint density at radius 1 is 0.933 bits per heavy atom. The molecule has 0 spiro atoms. The molecule has 0 heterocycles. The molecule has 85 valence electrons. The maximum absolute atomic E-state index is 2.48. The van der Waals surface area contributed by atoms with Gasteiger partial charge in [0.15, 0.2) is 0 Å². The molecule has 0 aliphatic heterocycles. The van der Waals surface area contributed by atoms with E-state index in [0.717, 1.165) is 4.51 Å². The first kappa shape index (κ1) is 13.9. The first-order chi connectivity index (χ1) is 6.94.